The van der Waals surface area contributed by atoms with Gasteiger partial charge >= 0.3 is 0 Å². The molecule has 0 atom stereocenters. The van der Waals surface area contributed by atoms with Crippen molar-refractivity contribution in [3.8, 4) is 0 Å². The molecule has 2 nitrogen and oxygen atoms in total. The first-order valence-electron chi connectivity index (χ1n) is 4.77. The summed E-state index contributed by atoms with van der Waals surface area (Å²) in [6, 6.07) is 3.81. The SMILES string of the molecule is O=C(NCc1ccc(Cl)s1)C1CCC1. The first kappa shape index (κ1) is 9.99. The Hall–Kier alpha value is -0.540. The topological polar surface area (TPSA) is 29.1 Å². The number of rotatable bonds is 3. The van der Waals surface area contributed by atoms with Gasteiger partial charge in [0.15, 0.2) is 0 Å². The van der Waals surface area contributed by atoms with E-state index < -0.39 is 0 Å². The smallest absolute Gasteiger partial charge is 0.223 e. The fourth-order valence-corrected chi connectivity index (χ4v) is 2.46. The lowest BCUT2D eigenvalue weighted by atomic mass is 9.85. The minimum absolute atomic E-state index is 0.195. The average molecular weight is 230 g/mol. The molecule has 0 saturated heterocycles. The predicted octanol–water partition coefficient (Wildman–Crippen LogP) is 2.82. The highest BCUT2D eigenvalue weighted by atomic mass is 35.5. The van der Waals surface area contributed by atoms with Gasteiger partial charge in [-0.05, 0) is 25.0 Å². The molecule has 0 bridgehead atoms. The van der Waals surface area contributed by atoms with Crippen molar-refractivity contribution >= 4 is 28.8 Å². The monoisotopic (exact) mass is 229 g/mol. The number of hydrogen-bond acceptors (Lipinski definition) is 2. The quantitative estimate of drug-likeness (QED) is 0.849. The van der Waals surface area contributed by atoms with Crippen molar-refractivity contribution in [1.82, 2.24) is 5.32 Å². The van der Waals surface area contributed by atoms with E-state index in [4.69, 9.17) is 11.6 Å². The molecule has 0 spiro atoms. The highest BCUT2D eigenvalue weighted by molar-refractivity contribution is 7.16. The van der Waals surface area contributed by atoms with Crippen LogP contribution in [0.2, 0.25) is 4.34 Å². The Labute approximate surface area is 92.3 Å². The Morgan fingerprint density at radius 2 is 2.36 bits per heavy atom. The second-order valence-corrected chi connectivity index (χ2v) is 5.35. The molecule has 0 unspecified atom stereocenters. The zero-order valence-electron chi connectivity index (χ0n) is 7.75. The minimum Gasteiger partial charge on any atom is -0.351 e. The summed E-state index contributed by atoms with van der Waals surface area (Å²) in [7, 11) is 0. The van der Waals surface area contributed by atoms with E-state index in [9.17, 15) is 4.79 Å². The van der Waals surface area contributed by atoms with E-state index in [1.165, 1.54) is 17.8 Å². The van der Waals surface area contributed by atoms with Crippen molar-refractivity contribution in [2.75, 3.05) is 0 Å². The van der Waals surface area contributed by atoms with Crippen LogP contribution in [0.15, 0.2) is 12.1 Å². The van der Waals surface area contributed by atoms with E-state index in [1.807, 2.05) is 12.1 Å². The van der Waals surface area contributed by atoms with E-state index in [-0.39, 0.29) is 11.8 Å². The van der Waals surface area contributed by atoms with Gasteiger partial charge in [0.05, 0.1) is 10.9 Å². The zero-order valence-corrected chi connectivity index (χ0v) is 9.33. The molecule has 1 amide bonds. The Bertz CT molecular complexity index is 333. The lowest BCUT2D eigenvalue weighted by Crippen LogP contribution is -2.33. The fraction of sp³-hybridized carbons (Fsp3) is 0.500. The van der Waals surface area contributed by atoms with Gasteiger partial charge < -0.3 is 5.32 Å². The fourth-order valence-electron chi connectivity index (χ4n) is 1.44. The van der Waals surface area contributed by atoms with Crippen LogP contribution < -0.4 is 5.32 Å². The Balaban J connectivity index is 1.79. The zero-order chi connectivity index (χ0) is 9.97. The Kier molecular flexibility index (Phi) is 3.08. The van der Waals surface area contributed by atoms with Gasteiger partial charge in [-0.1, -0.05) is 18.0 Å². The summed E-state index contributed by atoms with van der Waals surface area (Å²) in [6.07, 6.45) is 3.30. The van der Waals surface area contributed by atoms with Crippen molar-refractivity contribution in [3.63, 3.8) is 0 Å². The molecule has 14 heavy (non-hydrogen) atoms. The first-order chi connectivity index (χ1) is 6.75. The molecule has 1 N–H and O–H groups in total. The van der Waals surface area contributed by atoms with Gasteiger partial charge in [-0.3, -0.25) is 4.79 Å². The molecule has 1 aromatic rings. The normalized spacial score (nSPS) is 16.4. The van der Waals surface area contributed by atoms with Gasteiger partial charge in [0, 0.05) is 10.8 Å². The van der Waals surface area contributed by atoms with Gasteiger partial charge in [0.2, 0.25) is 5.91 Å². The summed E-state index contributed by atoms with van der Waals surface area (Å²) in [5.41, 5.74) is 0. The molecular formula is C10H12ClNOS. The molecule has 2 rings (SSSR count). The maximum absolute atomic E-state index is 11.5. The van der Waals surface area contributed by atoms with Gasteiger partial charge in [0.1, 0.15) is 0 Å². The molecule has 0 radical (unpaired) electrons. The van der Waals surface area contributed by atoms with Crippen molar-refractivity contribution in [3.05, 3.63) is 21.3 Å². The molecule has 4 heteroatoms. The largest absolute Gasteiger partial charge is 0.351 e. The van der Waals surface area contributed by atoms with Gasteiger partial charge in [0.25, 0.3) is 0 Å². The summed E-state index contributed by atoms with van der Waals surface area (Å²) in [6.45, 7) is 0.618. The number of halogens is 1. The van der Waals surface area contributed by atoms with E-state index in [0.29, 0.717) is 6.54 Å². The third-order valence-corrected chi connectivity index (χ3v) is 3.77. The molecule has 0 aromatic carbocycles. The van der Waals surface area contributed by atoms with Crippen LogP contribution in [0.25, 0.3) is 0 Å². The van der Waals surface area contributed by atoms with Crippen LogP contribution >= 0.6 is 22.9 Å². The highest BCUT2D eigenvalue weighted by Gasteiger charge is 2.24. The van der Waals surface area contributed by atoms with Crippen LogP contribution in [0.1, 0.15) is 24.1 Å². The van der Waals surface area contributed by atoms with Gasteiger partial charge in [-0.15, -0.1) is 11.3 Å². The van der Waals surface area contributed by atoms with Gasteiger partial charge in [-0.2, -0.15) is 0 Å². The van der Waals surface area contributed by atoms with E-state index in [0.717, 1.165) is 22.1 Å². The van der Waals surface area contributed by atoms with Crippen molar-refractivity contribution in [2.24, 2.45) is 5.92 Å². The molecule has 76 valence electrons. The van der Waals surface area contributed by atoms with Crippen molar-refractivity contribution < 1.29 is 4.79 Å². The maximum atomic E-state index is 11.5. The standard InChI is InChI=1S/C10H12ClNOS/c11-9-5-4-8(14-9)6-12-10(13)7-2-1-3-7/h4-5,7H,1-3,6H2,(H,12,13). The van der Waals surface area contributed by atoms with E-state index in [1.54, 1.807) is 0 Å². The minimum atomic E-state index is 0.195. The molecule has 1 aliphatic carbocycles. The number of carbonyl (C=O) groups is 1. The summed E-state index contributed by atoms with van der Waals surface area (Å²) in [4.78, 5) is 12.6. The number of hydrogen-bond donors (Lipinski definition) is 1. The van der Waals surface area contributed by atoms with Crippen LogP contribution in [0.4, 0.5) is 0 Å². The van der Waals surface area contributed by atoms with Crippen LogP contribution in [0.5, 0.6) is 0 Å². The Morgan fingerprint density at radius 1 is 1.57 bits per heavy atom. The summed E-state index contributed by atoms with van der Waals surface area (Å²) in [5.74, 6) is 0.464. The molecule has 0 aliphatic heterocycles. The molecule has 1 aliphatic rings. The van der Waals surface area contributed by atoms with E-state index in [2.05, 4.69) is 5.32 Å². The molecule has 1 aromatic heterocycles. The number of thiophene rings is 1. The van der Waals surface area contributed by atoms with Gasteiger partial charge in [-0.25, -0.2) is 0 Å². The third kappa shape index (κ3) is 2.28. The first-order valence-corrected chi connectivity index (χ1v) is 5.97. The second kappa shape index (κ2) is 4.32. The van der Waals surface area contributed by atoms with Crippen LogP contribution in [-0.2, 0) is 11.3 Å². The molecule has 1 saturated carbocycles. The van der Waals surface area contributed by atoms with Crippen molar-refractivity contribution in [1.29, 1.82) is 0 Å². The second-order valence-electron chi connectivity index (χ2n) is 3.55. The summed E-state index contributed by atoms with van der Waals surface area (Å²) >= 11 is 7.30. The average Bonchev–Trinajstić information content (AvgIpc) is 2.45. The molecule has 1 heterocycles. The molecular weight excluding hydrogens is 218 g/mol. The van der Waals surface area contributed by atoms with Crippen LogP contribution in [0, 0.1) is 5.92 Å². The number of carbonyl (C=O) groups excluding carboxylic acids is 1. The maximum Gasteiger partial charge on any atom is 0.223 e. The van der Waals surface area contributed by atoms with Crippen LogP contribution in [0.3, 0.4) is 0 Å². The van der Waals surface area contributed by atoms with Crippen molar-refractivity contribution in [2.45, 2.75) is 25.8 Å². The predicted molar refractivity (Wildman–Crippen MR) is 58.5 cm³/mol. The Morgan fingerprint density at radius 3 is 2.86 bits per heavy atom. The number of amides is 1. The third-order valence-electron chi connectivity index (χ3n) is 2.54. The summed E-state index contributed by atoms with van der Waals surface area (Å²) in [5, 5.41) is 2.93. The lowest BCUT2D eigenvalue weighted by Gasteiger charge is -2.23. The molecule has 1 fully saturated rings. The van der Waals surface area contributed by atoms with E-state index >= 15 is 0 Å². The van der Waals surface area contributed by atoms with Crippen LogP contribution in [-0.4, -0.2) is 5.91 Å². The lowest BCUT2D eigenvalue weighted by molar-refractivity contribution is -0.127. The highest BCUT2D eigenvalue weighted by Crippen LogP contribution is 2.26. The summed E-state index contributed by atoms with van der Waals surface area (Å²) < 4.78 is 0.776. The number of nitrogens with one attached hydrogen (secondary N) is 1.